The predicted molar refractivity (Wildman–Crippen MR) is 341 cm³/mol. The third kappa shape index (κ3) is 99.1. The normalized spacial score (nSPS) is 16.8. The van der Waals surface area contributed by atoms with Crippen molar-refractivity contribution in [2.75, 3.05) is 0 Å². The van der Waals surface area contributed by atoms with Crippen LogP contribution in [0.4, 0.5) is 55.5 Å². The molecule has 12 N–H and O–H groups in total. The van der Waals surface area contributed by atoms with Gasteiger partial charge in [-0.15, -0.1) is 0 Å². The molecule has 0 unspecified atom stereocenters. The van der Waals surface area contributed by atoms with Gasteiger partial charge in [-0.05, 0) is 66.7 Å². The maximum Gasteiger partial charge on any atom is 4.00 e. The van der Waals surface area contributed by atoms with E-state index in [1.165, 1.54) is 10.3 Å². The summed E-state index contributed by atoms with van der Waals surface area (Å²) < 4.78 is 138. The Morgan fingerprint density at radius 1 is 0.479 bits per heavy atom. The smallest absolute Gasteiger partial charge is 0.753 e. The first-order valence-electron chi connectivity index (χ1n) is 19.9. The molecular weight excluding hydrogens is 2970 g/mol. The first kappa shape index (κ1) is 119. The number of hydrogen-bond acceptors (Lipinski definition) is 34. The number of aliphatic carboxylic acids is 2. The number of aliphatic imine (C=N–C) groups is 10. The van der Waals surface area contributed by atoms with Crippen molar-refractivity contribution >= 4 is 234 Å². The third-order valence-electron chi connectivity index (χ3n) is 5.57. The summed E-state index contributed by atoms with van der Waals surface area (Å²) in [6.07, 6.45) is 15.8. The Bertz CT molecular complexity index is 1890. The molecule has 0 saturated heterocycles. The van der Waals surface area contributed by atoms with E-state index in [2.05, 4.69) is 222 Å². The Hall–Kier alpha value is -1.23. The van der Waals surface area contributed by atoms with Crippen LogP contribution in [0, 0.1) is 66.7 Å². The van der Waals surface area contributed by atoms with Gasteiger partial charge in [-0.25, -0.2) is 51.2 Å². The molecule has 10 aliphatic rings. The zero-order valence-electron chi connectivity index (χ0n) is 44.8. The number of carboxylic acid groups (broad SMARTS) is 2. The molecular formula is C27H42AsBBr4F16I3N32O4Os5PS2-10. The fourth-order valence-electron chi connectivity index (χ4n) is 3.40. The minimum Gasteiger partial charge on any atom is -0.753 e. The zero-order chi connectivity index (χ0) is 70.2. The Balaban J connectivity index is -0.0000000914. The molecule has 0 fully saturated rings. The molecule has 10 rings (SSSR count). The van der Waals surface area contributed by atoms with Gasteiger partial charge in [-0.2, -0.15) is 10.3 Å². The average molecular weight is 3020 g/mol. The summed E-state index contributed by atoms with van der Waals surface area (Å²) >= 11 is 16.1. The van der Waals surface area contributed by atoms with E-state index in [0.717, 1.165) is 13.8 Å². The van der Waals surface area contributed by atoms with Crippen LogP contribution in [-0.2, 0) is 86.4 Å². The van der Waals surface area contributed by atoms with Gasteiger partial charge in [0, 0.05) is 13.8 Å². The van der Waals surface area contributed by atoms with Crippen LogP contribution in [0.2, 0.25) is 0 Å². The molecule has 0 bridgehead atoms. The van der Waals surface area contributed by atoms with E-state index in [0.29, 0.717) is 10.3 Å². The van der Waals surface area contributed by atoms with Gasteiger partial charge in [0.05, 0.1) is 0 Å². The molecule has 0 spiro atoms. The summed E-state index contributed by atoms with van der Waals surface area (Å²) in [5.74, 6) is -1.67. The third-order valence-corrected chi connectivity index (χ3v) is 5.57. The van der Waals surface area contributed by atoms with Crippen LogP contribution in [0.25, 0.3) is 10.8 Å². The molecule has 0 saturated carbocycles. The fraction of sp³-hybridized carbons (Fsp3) is 0.111. The van der Waals surface area contributed by atoms with Gasteiger partial charge in [0.2, 0.25) is 0 Å². The summed E-state index contributed by atoms with van der Waals surface area (Å²) in [6.45, 7) is 18.4. The number of carbonyl (C=O) groups is 2. The standard InChI is InChI=1S/5C4H6N6.2C2H4O2.2CNS.CH4.AsF5.BF3.4BrH.F6P.2FH.3HI.5Os/c5*1-5-3-9(7-1)10-4-6-2-8-10;2*1-2(3)4;2*2-1-3;;2-1(3,4,5)6;2-1(3)4;;;;;1-7(2,3,4,5)6;;;;;;;;;;/h5*1-4H,(H,5,7)(H,6,8);2*1H3,(H,3,4);;;1H4;;;4*1H;;5*1H;;;;;/q5*-2;;;2*-1;;;;;;;;-1;;;;;;4*+2;+4/p-9. The summed E-state index contributed by atoms with van der Waals surface area (Å²) in [5.41, 5.74) is 28.4. The molecule has 570 valence electrons. The summed E-state index contributed by atoms with van der Waals surface area (Å²) in [4.78, 5) is 56.2. The van der Waals surface area contributed by atoms with Gasteiger partial charge in [-0.3, -0.25) is 22.5 Å². The number of rotatable bonds is 5. The predicted octanol–water partition coefficient (Wildman–Crippen LogP) is -1.54. The van der Waals surface area contributed by atoms with Crippen molar-refractivity contribution in [1.82, 2.24) is 105 Å². The Morgan fingerprint density at radius 2 is 0.531 bits per heavy atom. The van der Waals surface area contributed by atoms with Crippen LogP contribution in [0.15, 0.2) is 49.9 Å². The maximum atomic E-state index is 9.89. The summed E-state index contributed by atoms with van der Waals surface area (Å²) in [6, 6.07) is 0. The maximum absolute atomic E-state index is 10.7. The zero-order valence-corrected chi connectivity index (χ0v) is 74.8. The molecule has 96 heavy (non-hydrogen) atoms. The molecule has 0 aromatic heterocycles. The van der Waals surface area contributed by atoms with Gasteiger partial charge in [0.1, 0.15) is 0 Å². The second-order valence-electron chi connectivity index (χ2n) is 11.9. The topological polar surface area (TPSA) is 396 Å². The molecule has 0 amide bonds. The minimum atomic E-state index is -10.7. The largest absolute Gasteiger partial charge is 4.00 e. The first-order chi connectivity index (χ1) is 41.8. The molecule has 10 heterocycles. The van der Waals surface area contributed by atoms with Crippen LogP contribution in [0.5, 0.6) is 0 Å². The van der Waals surface area contributed by atoms with Crippen molar-refractivity contribution in [1.29, 1.82) is 0 Å². The quantitative estimate of drug-likeness (QED) is 0.0282. The van der Waals surface area contributed by atoms with Gasteiger partial charge in [0.15, 0.2) is 0 Å². The molecule has 0 aromatic carbocycles. The number of carboxylic acids is 2. The van der Waals surface area contributed by atoms with Crippen molar-refractivity contribution in [2.24, 2.45) is 49.9 Å². The van der Waals surface area contributed by atoms with Crippen molar-refractivity contribution in [2.45, 2.75) is 21.3 Å². The second-order valence-corrected chi connectivity index (χ2v) is 57.6. The van der Waals surface area contributed by atoms with E-state index in [4.69, 9.17) is 30.6 Å². The van der Waals surface area contributed by atoms with Crippen molar-refractivity contribution in [3.63, 3.8) is 0 Å². The van der Waals surface area contributed by atoms with Gasteiger partial charge < -0.3 is 159 Å². The van der Waals surface area contributed by atoms with E-state index in [-0.39, 0.29) is 107 Å². The second kappa shape index (κ2) is 69.5. The van der Waals surface area contributed by atoms with E-state index < -0.39 is 42.1 Å². The van der Waals surface area contributed by atoms with Crippen LogP contribution >= 0.6 is 126 Å². The van der Waals surface area contributed by atoms with Crippen LogP contribution < -0.4 is 87.6 Å². The van der Waals surface area contributed by atoms with Crippen molar-refractivity contribution in [3.8, 4) is 0 Å². The number of halogens is 23. The van der Waals surface area contributed by atoms with E-state index in [1.54, 1.807) is 181 Å². The molecule has 36 nitrogen and oxygen atoms in total. The van der Waals surface area contributed by atoms with E-state index in [9.17, 15) is 55.5 Å². The van der Waals surface area contributed by atoms with Crippen LogP contribution in [0.3, 0.4) is 0 Å². The number of isothiocyanates is 2. The number of nitrogens with zero attached hydrogens (tertiary/aromatic N) is 22. The Labute approximate surface area is 664 Å². The van der Waals surface area contributed by atoms with Crippen molar-refractivity contribution in [3.05, 3.63) is 77.5 Å². The number of hydrogen-bond donors (Lipinski definition) is 12. The minimum absolute atomic E-state index is 0. The molecule has 69 heteroatoms. The Morgan fingerprint density at radius 3 is 0.562 bits per heavy atom. The van der Waals surface area contributed by atoms with E-state index >= 15 is 0 Å². The van der Waals surface area contributed by atoms with Crippen LogP contribution in [0.1, 0.15) is 21.3 Å². The molecule has 10 aliphatic heterocycles. The van der Waals surface area contributed by atoms with Crippen molar-refractivity contribution < 1.29 is 185 Å². The molecule has 0 atom stereocenters. The fourth-order valence-corrected chi connectivity index (χ4v) is 3.40. The molecule has 0 aromatic rings. The van der Waals surface area contributed by atoms with E-state index in [1.807, 2.05) is 0 Å². The average Bonchev–Trinajstić information content (AvgIpc) is 1.94. The van der Waals surface area contributed by atoms with Gasteiger partial charge in [-0.1, -0.05) is 95.2 Å². The first-order valence-corrected chi connectivity index (χ1v) is 62.9. The van der Waals surface area contributed by atoms with Crippen LogP contribution in [-0.4, -0.2) is 169 Å². The summed E-state index contributed by atoms with van der Waals surface area (Å²) in [5, 5.41) is 48.2. The molecule has 0 radical (unpaired) electrons. The number of hydrazine groups is 15. The van der Waals surface area contributed by atoms with Gasteiger partial charge >= 0.3 is 243 Å². The number of nitrogens with one attached hydrogen (secondary N) is 10. The molecule has 0 aliphatic carbocycles. The summed E-state index contributed by atoms with van der Waals surface area (Å²) in [7, 11) is -14.0. The van der Waals surface area contributed by atoms with Gasteiger partial charge in [0.25, 0.3) is 11.9 Å². The monoisotopic (exact) mass is 3020 g/mol. The SMILES string of the molecule is C.C1=N[CH-]N(N2[CH-]N=CN2)N1.C1=N[CH-]N(N2[CH-]N=CN2)N1.C1=N[CH-]N(N2[CH-]N=CN2)N1.C1=N[CH-]N(N2[CH-]N=CN2)N1.C1=N[CH-]N(N2[CH-]N=CN2)N1.CC(=O)O.CC(=O)O.FB(F)F.F[As](F)(F)(F)F.F[P-](F)(F)(F)(F)F.[Br][Os][Br].[Br][Os][Br].[F-].[F-].[I-].[I][Os][I].[N-]=C=S.[N-]=C=S.[Os+2].[Os+4]. The number of thiocarbonyl (C=S) groups is 2. The Kier molecular flexibility index (Phi) is 85.9.